The van der Waals surface area contributed by atoms with Crippen molar-refractivity contribution in [1.82, 2.24) is 9.88 Å². The van der Waals surface area contributed by atoms with Crippen LogP contribution in [0.25, 0.3) is 0 Å². The second-order valence-electron chi connectivity index (χ2n) is 6.66. The molecule has 1 aliphatic carbocycles. The fraction of sp³-hybridized carbons (Fsp3) is 0.750. The van der Waals surface area contributed by atoms with Gasteiger partial charge in [0.15, 0.2) is 0 Å². The zero-order valence-electron chi connectivity index (χ0n) is 12.8. The van der Waals surface area contributed by atoms with Gasteiger partial charge in [0.05, 0.1) is 6.20 Å². The highest BCUT2D eigenvalue weighted by Crippen LogP contribution is 2.40. The van der Waals surface area contributed by atoms with Crippen LogP contribution in [0.4, 0.5) is 4.79 Å². The van der Waals surface area contributed by atoms with Crippen molar-refractivity contribution in [2.45, 2.75) is 57.9 Å². The Morgan fingerprint density at radius 1 is 1.38 bits per heavy atom. The lowest BCUT2D eigenvalue weighted by Crippen LogP contribution is -2.35. The number of likely N-dealkylation sites (tertiary alicyclic amines) is 1. The largest absolute Gasteiger partial charge is 0.444 e. The first-order chi connectivity index (χ1) is 10.1. The minimum atomic E-state index is -0.359. The van der Waals surface area contributed by atoms with Gasteiger partial charge >= 0.3 is 6.03 Å². The Hall–Kier alpha value is -1.52. The van der Waals surface area contributed by atoms with Crippen molar-refractivity contribution in [2.75, 3.05) is 6.54 Å². The van der Waals surface area contributed by atoms with Gasteiger partial charge in [-0.1, -0.05) is 32.1 Å². The number of aromatic nitrogens is 1. The van der Waals surface area contributed by atoms with Crippen LogP contribution in [0.15, 0.2) is 10.6 Å². The highest BCUT2D eigenvalue weighted by molar-refractivity contribution is 5.72. The second-order valence-corrected chi connectivity index (χ2v) is 6.66. The molecule has 2 heterocycles. The number of hydrogen-bond acceptors (Lipinski definition) is 3. The molecule has 0 aromatic carbocycles. The van der Waals surface area contributed by atoms with E-state index in [2.05, 4.69) is 4.98 Å². The number of amides is 2. The number of carbonyl (C=O) groups is 1. The van der Waals surface area contributed by atoms with E-state index >= 15 is 0 Å². The summed E-state index contributed by atoms with van der Waals surface area (Å²) in [4.78, 5) is 17.7. The number of urea groups is 1. The lowest BCUT2D eigenvalue weighted by molar-refractivity contribution is 0.192. The van der Waals surface area contributed by atoms with Crippen molar-refractivity contribution < 1.29 is 9.21 Å². The lowest BCUT2D eigenvalue weighted by atomic mass is 9.82. The molecule has 1 aliphatic heterocycles. The molecular formula is C16H25N3O2. The van der Waals surface area contributed by atoms with E-state index < -0.39 is 0 Å². The number of aryl methyl sites for hydroxylation is 1. The molecule has 3 rings (SSSR count). The molecule has 2 atom stereocenters. The Morgan fingerprint density at radius 2 is 2.14 bits per heavy atom. The molecule has 116 valence electrons. The Balaban J connectivity index is 1.67. The number of nitrogens with two attached hydrogens (primary N) is 1. The molecule has 0 spiro atoms. The Kier molecular flexibility index (Phi) is 4.17. The van der Waals surface area contributed by atoms with E-state index in [-0.39, 0.29) is 12.1 Å². The van der Waals surface area contributed by atoms with Crippen LogP contribution in [-0.2, 0) is 0 Å². The number of nitrogens with zero attached hydrogens (tertiary/aromatic N) is 2. The van der Waals surface area contributed by atoms with E-state index in [4.69, 9.17) is 10.2 Å². The standard InChI is InChI=1S/C16H25N3O2/c1-11-9-18-15(21-11)14-8-13(10-19(14)16(17)20)7-12-5-3-2-4-6-12/h9,12-14H,2-8,10H2,1H3,(H2,17,20)/t13?,14-/m0/s1. The molecule has 5 heteroatoms. The van der Waals surface area contributed by atoms with E-state index in [1.54, 1.807) is 11.1 Å². The number of oxazole rings is 1. The van der Waals surface area contributed by atoms with E-state index in [1.807, 2.05) is 6.92 Å². The normalized spacial score (nSPS) is 27.2. The van der Waals surface area contributed by atoms with Gasteiger partial charge in [-0.05, 0) is 31.6 Å². The van der Waals surface area contributed by atoms with Crippen molar-refractivity contribution in [1.29, 1.82) is 0 Å². The summed E-state index contributed by atoms with van der Waals surface area (Å²) in [6.45, 7) is 2.62. The van der Waals surface area contributed by atoms with Gasteiger partial charge in [0.2, 0.25) is 5.89 Å². The second kappa shape index (κ2) is 6.08. The van der Waals surface area contributed by atoms with E-state index in [0.29, 0.717) is 11.8 Å². The zero-order chi connectivity index (χ0) is 14.8. The van der Waals surface area contributed by atoms with Crippen molar-refractivity contribution in [3.8, 4) is 0 Å². The summed E-state index contributed by atoms with van der Waals surface area (Å²) in [6.07, 6.45) is 10.6. The quantitative estimate of drug-likeness (QED) is 0.927. The van der Waals surface area contributed by atoms with Crippen molar-refractivity contribution >= 4 is 6.03 Å². The summed E-state index contributed by atoms with van der Waals surface area (Å²) in [6, 6.07) is -0.438. The average Bonchev–Trinajstić information content (AvgIpc) is 3.06. The molecule has 5 nitrogen and oxygen atoms in total. The van der Waals surface area contributed by atoms with E-state index in [1.165, 1.54) is 38.5 Å². The molecule has 0 radical (unpaired) electrons. The van der Waals surface area contributed by atoms with Gasteiger partial charge in [0.1, 0.15) is 11.8 Å². The van der Waals surface area contributed by atoms with Gasteiger partial charge in [-0.3, -0.25) is 0 Å². The van der Waals surface area contributed by atoms with Gasteiger partial charge in [0.25, 0.3) is 0 Å². The molecule has 1 aromatic heterocycles. The van der Waals surface area contributed by atoms with Gasteiger partial charge in [-0.15, -0.1) is 0 Å². The summed E-state index contributed by atoms with van der Waals surface area (Å²) in [5.41, 5.74) is 5.55. The maximum Gasteiger partial charge on any atom is 0.315 e. The van der Waals surface area contributed by atoms with Gasteiger partial charge in [-0.25, -0.2) is 9.78 Å². The van der Waals surface area contributed by atoms with Gasteiger partial charge in [-0.2, -0.15) is 0 Å². The van der Waals surface area contributed by atoms with Crippen molar-refractivity contribution in [3.05, 3.63) is 17.8 Å². The molecule has 1 saturated carbocycles. The maximum absolute atomic E-state index is 11.7. The summed E-state index contributed by atoms with van der Waals surface area (Å²) in [5.74, 6) is 2.77. The molecule has 0 bridgehead atoms. The molecule has 21 heavy (non-hydrogen) atoms. The monoisotopic (exact) mass is 291 g/mol. The van der Waals surface area contributed by atoms with Crippen LogP contribution in [0.1, 0.15) is 62.6 Å². The smallest absolute Gasteiger partial charge is 0.315 e. The molecule has 2 aliphatic rings. The number of rotatable bonds is 3. The summed E-state index contributed by atoms with van der Waals surface area (Å²) in [7, 11) is 0. The fourth-order valence-electron chi connectivity index (χ4n) is 3.99. The minimum absolute atomic E-state index is 0.0789. The number of primary amides is 1. The van der Waals surface area contributed by atoms with Crippen LogP contribution in [0.3, 0.4) is 0 Å². The van der Waals surface area contributed by atoms with Crippen LogP contribution >= 0.6 is 0 Å². The van der Waals surface area contributed by atoms with Crippen molar-refractivity contribution in [3.63, 3.8) is 0 Å². The van der Waals surface area contributed by atoms with E-state index in [0.717, 1.165) is 24.6 Å². The fourth-order valence-corrected chi connectivity index (χ4v) is 3.99. The predicted molar refractivity (Wildman–Crippen MR) is 79.6 cm³/mol. The van der Waals surface area contributed by atoms with Crippen LogP contribution < -0.4 is 5.73 Å². The van der Waals surface area contributed by atoms with Crippen LogP contribution in [0.5, 0.6) is 0 Å². The molecule has 2 N–H and O–H groups in total. The molecule has 1 saturated heterocycles. The third-order valence-electron chi connectivity index (χ3n) is 4.99. The molecular weight excluding hydrogens is 266 g/mol. The first-order valence-electron chi connectivity index (χ1n) is 8.12. The van der Waals surface area contributed by atoms with Crippen LogP contribution in [0.2, 0.25) is 0 Å². The topological polar surface area (TPSA) is 72.4 Å². The SMILES string of the molecule is Cc1cnc([C@@H]2CC(CC3CCCCC3)CN2C(N)=O)o1. The Morgan fingerprint density at radius 3 is 2.76 bits per heavy atom. The maximum atomic E-state index is 11.7. The van der Waals surface area contributed by atoms with Crippen LogP contribution in [0, 0.1) is 18.8 Å². The first kappa shape index (κ1) is 14.4. The average molecular weight is 291 g/mol. The summed E-state index contributed by atoms with van der Waals surface area (Å²) >= 11 is 0. The molecule has 1 unspecified atom stereocenters. The van der Waals surface area contributed by atoms with Crippen LogP contribution in [-0.4, -0.2) is 22.5 Å². The first-order valence-corrected chi connectivity index (χ1v) is 8.12. The Bertz CT molecular complexity index is 493. The van der Waals surface area contributed by atoms with E-state index in [9.17, 15) is 4.79 Å². The molecule has 2 fully saturated rings. The zero-order valence-corrected chi connectivity index (χ0v) is 12.8. The predicted octanol–water partition coefficient (Wildman–Crippen LogP) is 3.40. The lowest BCUT2D eigenvalue weighted by Gasteiger charge is -2.24. The number of hydrogen-bond donors (Lipinski definition) is 1. The molecule has 1 aromatic rings. The third kappa shape index (κ3) is 3.22. The highest BCUT2D eigenvalue weighted by atomic mass is 16.4. The highest BCUT2D eigenvalue weighted by Gasteiger charge is 2.38. The minimum Gasteiger partial charge on any atom is -0.444 e. The van der Waals surface area contributed by atoms with Crippen molar-refractivity contribution in [2.24, 2.45) is 17.6 Å². The van der Waals surface area contributed by atoms with Gasteiger partial charge in [0, 0.05) is 6.54 Å². The third-order valence-corrected chi connectivity index (χ3v) is 4.99. The van der Waals surface area contributed by atoms with Gasteiger partial charge < -0.3 is 15.1 Å². The number of carbonyl (C=O) groups excluding carboxylic acids is 1. The summed E-state index contributed by atoms with van der Waals surface area (Å²) in [5, 5.41) is 0. The summed E-state index contributed by atoms with van der Waals surface area (Å²) < 4.78 is 5.63. The molecule has 2 amide bonds. The Labute approximate surface area is 125 Å².